The molecule has 2 aromatic rings. The third-order valence-corrected chi connectivity index (χ3v) is 4.08. The fourth-order valence-corrected chi connectivity index (χ4v) is 3.08. The summed E-state index contributed by atoms with van der Waals surface area (Å²) in [5.41, 5.74) is 4.60. The lowest BCUT2D eigenvalue weighted by atomic mass is 10.0. The SMILES string of the molecule is C=C(C)Cc1oc2ccc(Cl)c3c2c1CN(C)CC3. The minimum absolute atomic E-state index is 0.801. The van der Waals surface area contributed by atoms with Crippen LogP contribution in [0.4, 0.5) is 0 Å². The summed E-state index contributed by atoms with van der Waals surface area (Å²) in [7, 11) is 2.14. The van der Waals surface area contributed by atoms with Crippen molar-refractivity contribution in [2.24, 2.45) is 0 Å². The van der Waals surface area contributed by atoms with E-state index >= 15 is 0 Å². The molecule has 3 rings (SSSR count). The van der Waals surface area contributed by atoms with Crippen molar-refractivity contribution < 1.29 is 4.42 Å². The van der Waals surface area contributed by atoms with Crippen LogP contribution in [-0.2, 0) is 19.4 Å². The molecule has 1 aromatic heterocycles. The molecule has 0 radical (unpaired) electrons. The molecule has 1 aromatic carbocycles. The number of furan rings is 1. The first kappa shape index (κ1) is 12.8. The van der Waals surface area contributed by atoms with Gasteiger partial charge in [-0.15, -0.1) is 0 Å². The molecule has 0 amide bonds. The molecule has 0 saturated carbocycles. The van der Waals surface area contributed by atoms with Crippen LogP contribution in [0.5, 0.6) is 0 Å². The summed E-state index contributed by atoms with van der Waals surface area (Å²) in [6, 6.07) is 3.93. The van der Waals surface area contributed by atoms with E-state index in [0.717, 1.165) is 47.9 Å². The van der Waals surface area contributed by atoms with E-state index in [4.69, 9.17) is 16.0 Å². The Morgan fingerprint density at radius 2 is 2.21 bits per heavy atom. The predicted octanol–water partition coefficient (Wildman–Crippen LogP) is 4.19. The number of hydrogen-bond donors (Lipinski definition) is 0. The molecule has 0 fully saturated rings. The molecule has 0 aliphatic carbocycles. The van der Waals surface area contributed by atoms with Crippen molar-refractivity contribution in [3.05, 3.63) is 46.2 Å². The van der Waals surface area contributed by atoms with Crippen LogP contribution < -0.4 is 0 Å². The number of rotatable bonds is 2. The zero-order valence-corrected chi connectivity index (χ0v) is 12.2. The molecule has 0 unspecified atom stereocenters. The predicted molar refractivity (Wildman–Crippen MR) is 79.8 cm³/mol. The Labute approximate surface area is 118 Å². The zero-order valence-electron chi connectivity index (χ0n) is 11.4. The van der Waals surface area contributed by atoms with Crippen molar-refractivity contribution >= 4 is 22.6 Å². The van der Waals surface area contributed by atoms with Gasteiger partial charge < -0.3 is 9.32 Å². The highest BCUT2D eigenvalue weighted by molar-refractivity contribution is 6.32. The van der Waals surface area contributed by atoms with Gasteiger partial charge in [-0.3, -0.25) is 0 Å². The van der Waals surface area contributed by atoms with Crippen molar-refractivity contribution in [1.82, 2.24) is 4.90 Å². The summed E-state index contributed by atoms with van der Waals surface area (Å²) in [5, 5.41) is 2.08. The Hall–Kier alpha value is -1.25. The van der Waals surface area contributed by atoms with Crippen molar-refractivity contribution in [2.75, 3.05) is 13.6 Å². The monoisotopic (exact) mass is 275 g/mol. The first-order valence-electron chi connectivity index (χ1n) is 6.61. The normalized spacial score (nSPS) is 15.7. The largest absolute Gasteiger partial charge is 0.460 e. The molecule has 0 N–H and O–H groups in total. The zero-order chi connectivity index (χ0) is 13.6. The van der Waals surface area contributed by atoms with Gasteiger partial charge in [0.25, 0.3) is 0 Å². The number of nitrogens with zero attached hydrogens (tertiary/aromatic N) is 1. The lowest BCUT2D eigenvalue weighted by molar-refractivity contribution is 0.332. The lowest BCUT2D eigenvalue weighted by Gasteiger charge is -2.13. The fourth-order valence-electron chi connectivity index (χ4n) is 2.83. The van der Waals surface area contributed by atoms with Gasteiger partial charge in [0.1, 0.15) is 11.3 Å². The van der Waals surface area contributed by atoms with Crippen LogP contribution in [0.3, 0.4) is 0 Å². The maximum Gasteiger partial charge on any atom is 0.135 e. The number of allylic oxidation sites excluding steroid dienone is 1. The highest BCUT2D eigenvalue weighted by atomic mass is 35.5. The molecule has 0 atom stereocenters. The average molecular weight is 276 g/mol. The third-order valence-electron chi connectivity index (χ3n) is 3.72. The van der Waals surface area contributed by atoms with Crippen molar-refractivity contribution in [2.45, 2.75) is 26.3 Å². The Morgan fingerprint density at radius 3 is 2.95 bits per heavy atom. The molecule has 0 spiro atoms. The van der Waals surface area contributed by atoms with Crippen molar-refractivity contribution in [3.8, 4) is 0 Å². The molecule has 0 saturated heterocycles. The van der Waals surface area contributed by atoms with E-state index in [2.05, 4.69) is 18.5 Å². The minimum Gasteiger partial charge on any atom is -0.460 e. The van der Waals surface area contributed by atoms with E-state index in [1.54, 1.807) is 0 Å². The van der Waals surface area contributed by atoms with E-state index in [9.17, 15) is 0 Å². The second kappa shape index (κ2) is 4.69. The Kier molecular flexibility index (Phi) is 3.15. The molecule has 2 nitrogen and oxygen atoms in total. The molecule has 2 heterocycles. The van der Waals surface area contributed by atoms with E-state index in [1.165, 1.54) is 16.5 Å². The number of benzene rings is 1. The first-order chi connectivity index (χ1) is 9.06. The molecule has 100 valence electrons. The smallest absolute Gasteiger partial charge is 0.135 e. The highest BCUT2D eigenvalue weighted by Crippen LogP contribution is 2.36. The second-order valence-corrected chi connectivity index (χ2v) is 5.93. The van der Waals surface area contributed by atoms with Crippen LogP contribution >= 0.6 is 11.6 Å². The number of halogens is 1. The summed E-state index contributed by atoms with van der Waals surface area (Å²) >= 11 is 6.37. The standard InChI is InChI=1S/C16H18ClNO/c1-10(2)8-15-12-9-18(3)7-6-11-13(17)4-5-14(19-15)16(11)12/h4-5H,1,6-9H2,2-3H3. The summed E-state index contributed by atoms with van der Waals surface area (Å²) in [5.74, 6) is 1.04. The van der Waals surface area contributed by atoms with Gasteiger partial charge in [-0.25, -0.2) is 0 Å². The van der Waals surface area contributed by atoms with Crippen molar-refractivity contribution in [1.29, 1.82) is 0 Å². The Balaban J connectivity index is 2.27. The van der Waals surface area contributed by atoms with Crippen LogP contribution in [0.1, 0.15) is 23.8 Å². The van der Waals surface area contributed by atoms with E-state index in [-0.39, 0.29) is 0 Å². The topological polar surface area (TPSA) is 16.4 Å². The molecule has 19 heavy (non-hydrogen) atoms. The lowest BCUT2D eigenvalue weighted by Crippen LogP contribution is -2.19. The van der Waals surface area contributed by atoms with E-state index in [0.29, 0.717) is 0 Å². The molecule has 1 aliphatic rings. The molecule has 1 aliphatic heterocycles. The third kappa shape index (κ3) is 2.19. The van der Waals surface area contributed by atoms with E-state index in [1.807, 2.05) is 19.1 Å². The van der Waals surface area contributed by atoms with Crippen LogP contribution in [0.2, 0.25) is 5.02 Å². The quantitative estimate of drug-likeness (QED) is 0.764. The van der Waals surface area contributed by atoms with Gasteiger partial charge in [0, 0.05) is 35.5 Å². The highest BCUT2D eigenvalue weighted by Gasteiger charge is 2.23. The Bertz CT molecular complexity index is 656. The van der Waals surface area contributed by atoms with Gasteiger partial charge in [0.2, 0.25) is 0 Å². The first-order valence-corrected chi connectivity index (χ1v) is 6.98. The molecule has 3 heteroatoms. The maximum absolute atomic E-state index is 6.37. The fraction of sp³-hybridized carbons (Fsp3) is 0.375. The number of likely N-dealkylation sites (N-methyl/N-ethyl adjacent to an activating group) is 1. The van der Waals surface area contributed by atoms with E-state index < -0.39 is 0 Å². The molecular formula is C16H18ClNO. The molecule has 0 bridgehead atoms. The average Bonchev–Trinajstić information content (AvgIpc) is 2.55. The summed E-state index contributed by atoms with van der Waals surface area (Å²) in [6.07, 6.45) is 1.78. The number of hydrogen-bond acceptors (Lipinski definition) is 2. The minimum atomic E-state index is 0.801. The summed E-state index contributed by atoms with van der Waals surface area (Å²) in [6.45, 7) is 7.98. The summed E-state index contributed by atoms with van der Waals surface area (Å²) in [4.78, 5) is 2.32. The molecular weight excluding hydrogens is 258 g/mol. The second-order valence-electron chi connectivity index (χ2n) is 5.52. The van der Waals surface area contributed by atoms with Crippen LogP contribution in [0.25, 0.3) is 11.0 Å². The van der Waals surface area contributed by atoms with Gasteiger partial charge in [-0.2, -0.15) is 0 Å². The van der Waals surface area contributed by atoms with Crippen LogP contribution in [-0.4, -0.2) is 18.5 Å². The van der Waals surface area contributed by atoms with Crippen molar-refractivity contribution in [3.63, 3.8) is 0 Å². The van der Waals surface area contributed by atoms with Crippen LogP contribution in [0, 0.1) is 0 Å². The Morgan fingerprint density at radius 1 is 1.42 bits per heavy atom. The van der Waals surface area contributed by atoms with Gasteiger partial charge in [-0.1, -0.05) is 23.8 Å². The van der Waals surface area contributed by atoms with Gasteiger partial charge in [0.05, 0.1) is 0 Å². The van der Waals surface area contributed by atoms with Crippen LogP contribution in [0.15, 0.2) is 28.7 Å². The summed E-state index contributed by atoms with van der Waals surface area (Å²) < 4.78 is 6.03. The van der Waals surface area contributed by atoms with Gasteiger partial charge in [-0.05, 0) is 38.1 Å². The van der Waals surface area contributed by atoms with Gasteiger partial charge in [0.15, 0.2) is 0 Å². The van der Waals surface area contributed by atoms with Gasteiger partial charge >= 0.3 is 0 Å². The maximum atomic E-state index is 6.37.